The maximum atomic E-state index is 12.5. The van der Waals surface area contributed by atoms with Crippen LogP contribution in [0.1, 0.15) is 0 Å². The number of hydrogen-bond donors (Lipinski definition) is 0. The number of hydrogen-bond acceptors (Lipinski definition) is 1. The number of benzene rings is 1. The summed E-state index contributed by atoms with van der Waals surface area (Å²) in [5.41, 5.74) is 0. The molecule has 0 unspecified atom stereocenters. The van der Waals surface area contributed by atoms with Crippen molar-refractivity contribution in [3.8, 4) is 5.75 Å². The Morgan fingerprint density at radius 2 is 1.53 bits per heavy atom. The van der Waals surface area contributed by atoms with E-state index in [-0.39, 0.29) is 0 Å². The van der Waals surface area contributed by atoms with Gasteiger partial charge in [-0.2, -0.15) is 17.6 Å². The van der Waals surface area contributed by atoms with Gasteiger partial charge in [-0.3, -0.25) is 0 Å². The molecule has 0 saturated carbocycles. The van der Waals surface area contributed by atoms with E-state index in [1.54, 1.807) is 0 Å². The predicted molar refractivity (Wildman–Crippen MR) is 44.9 cm³/mol. The van der Waals surface area contributed by atoms with Crippen LogP contribution in [-0.2, 0) is 0 Å². The fourth-order valence-electron chi connectivity index (χ4n) is 0.636. The Morgan fingerprint density at radius 1 is 1.07 bits per heavy atom. The number of ether oxygens (including phenoxy) is 1. The first-order valence-electron chi connectivity index (χ1n) is 3.55. The molecule has 0 amide bonds. The molecule has 1 aromatic carbocycles. The van der Waals surface area contributed by atoms with Crippen LogP contribution in [0.2, 0.25) is 0 Å². The highest BCUT2D eigenvalue weighted by molar-refractivity contribution is 6.18. The molecule has 0 aromatic heterocycles. The van der Waals surface area contributed by atoms with E-state index in [2.05, 4.69) is 16.3 Å². The lowest BCUT2D eigenvalue weighted by Crippen LogP contribution is -2.03. The van der Waals surface area contributed by atoms with Crippen molar-refractivity contribution in [2.24, 2.45) is 0 Å². The maximum absolute atomic E-state index is 12.5. The zero-order valence-electron chi connectivity index (χ0n) is 7.14. The van der Waals surface area contributed by atoms with Crippen LogP contribution in [0.3, 0.4) is 0 Å². The molecule has 0 atom stereocenters. The summed E-state index contributed by atoms with van der Waals surface area (Å²) >= 11 is 3.94. The normalized spacial score (nSPS) is 9.87. The number of halogens is 6. The average Bonchev–Trinajstić information content (AvgIpc) is 2.07. The van der Waals surface area contributed by atoms with Crippen molar-refractivity contribution < 1.29 is 26.7 Å². The molecule has 0 aliphatic carbocycles. The molecule has 0 fully saturated rings. The second-order valence-electron chi connectivity index (χ2n) is 2.06. The van der Waals surface area contributed by atoms with Crippen molar-refractivity contribution in [2.75, 3.05) is 0 Å². The van der Waals surface area contributed by atoms with Crippen LogP contribution in [0.5, 0.6) is 5.75 Å². The minimum absolute atomic E-state index is 0.428. The Bertz CT molecular complexity index is 279. The monoisotopic (exact) mass is 248 g/mol. The van der Waals surface area contributed by atoms with E-state index >= 15 is 0 Å². The standard InChI is InChI=1S/C7H5F3O.CHClF2/c8-5-3-1-2-4-6(5)11-7(9)10;2-1(3)4/h1-4,7H;1H. The summed E-state index contributed by atoms with van der Waals surface area (Å²) in [4.78, 5) is 0. The average molecular weight is 249 g/mol. The summed E-state index contributed by atoms with van der Waals surface area (Å²) in [7, 11) is 0. The van der Waals surface area contributed by atoms with Crippen LogP contribution in [-0.4, -0.2) is 12.5 Å². The maximum Gasteiger partial charge on any atom is 0.387 e. The Balaban J connectivity index is 0.000000423. The summed E-state index contributed by atoms with van der Waals surface area (Å²) in [6.45, 7) is -2.98. The SMILES string of the molecule is FC(F)Cl.Fc1ccccc1OC(F)F. The van der Waals surface area contributed by atoms with Crippen molar-refractivity contribution in [3.63, 3.8) is 0 Å². The van der Waals surface area contributed by atoms with Gasteiger partial charge in [0.25, 0.3) is 0 Å². The molecule has 0 radical (unpaired) electrons. The highest BCUT2D eigenvalue weighted by Crippen LogP contribution is 2.17. The molecule has 1 nitrogen and oxygen atoms in total. The first-order chi connectivity index (χ1) is 6.93. The molecule has 0 bridgehead atoms. The van der Waals surface area contributed by atoms with Crippen LogP contribution in [0.25, 0.3) is 0 Å². The smallest absolute Gasteiger partial charge is 0.387 e. The first-order valence-corrected chi connectivity index (χ1v) is 3.98. The van der Waals surface area contributed by atoms with Gasteiger partial charge in [-0.25, -0.2) is 4.39 Å². The van der Waals surface area contributed by atoms with Crippen LogP contribution in [0, 0.1) is 5.82 Å². The molecule has 86 valence electrons. The van der Waals surface area contributed by atoms with Gasteiger partial charge in [-0.1, -0.05) is 23.7 Å². The lowest BCUT2D eigenvalue weighted by Gasteiger charge is -2.03. The van der Waals surface area contributed by atoms with Gasteiger partial charge in [0.15, 0.2) is 11.6 Å². The molecule has 15 heavy (non-hydrogen) atoms. The van der Waals surface area contributed by atoms with Gasteiger partial charge in [-0.05, 0) is 12.1 Å². The van der Waals surface area contributed by atoms with Crippen molar-refractivity contribution in [1.82, 2.24) is 0 Å². The van der Waals surface area contributed by atoms with E-state index in [1.165, 1.54) is 12.1 Å². The summed E-state index contributed by atoms with van der Waals surface area (Å²) in [5.74, 6) is -3.91. The second-order valence-corrected chi connectivity index (χ2v) is 2.39. The summed E-state index contributed by atoms with van der Waals surface area (Å²) in [6, 6.07) is 5.01. The van der Waals surface area contributed by atoms with E-state index in [4.69, 9.17) is 0 Å². The van der Waals surface area contributed by atoms with Crippen LogP contribution < -0.4 is 4.74 Å². The van der Waals surface area contributed by atoms with Gasteiger partial charge >= 0.3 is 12.5 Å². The van der Waals surface area contributed by atoms with E-state index in [0.29, 0.717) is 0 Å². The molecule has 0 aliphatic rings. The van der Waals surface area contributed by atoms with E-state index < -0.39 is 24.1 Å². The summed E-state index contributed by atoms with van der Waals surface area (Å²) in [5, 5.41) is 0. The third-order valence-corrected chi connectivity index (χ3v) is 1.05. The molecule has 0 aliphatic heterocycles. The quantitative estimate of drug-likeness (QED) is 0.570. The Hall–Kier alpha value is -1.04. The topological polar surface area (TPSA) is 9.23 Å². The van der Waals surface area contributed by atoms with Crippen LogP contribution >= 0.6 is 11.6 Å². The number of para-hydroxylation sites is 1. The van der Waals surface area contributed by atoms with Crippen molar-refractivity contribution in [3.05, 3.63) is 30.1 Å². The molecule has 0 N–H and O–H groups in total. The largest absolute Gasteiger partial charge is 0.432 e. The van der Waals surface area contributed by atoms with Gasteiger partial charge in [-0.15, -0.1) is 0 Å². The van der Waals surface area contributed by atoms with Crippen molar-refractivity contribution >= 4 is 11.6 Å². The zero-order chi connectivity index (χ0) is 11.8. The fourth-order valence-corrected chi connectivity index (χ4v) is 0.636. The minimum atomic E-state index is -2.98. The van der Waals surface area contributed by atoms with Crippen LogP contribution in [0.4, 0.5) is 22.0 Å². The highest BCUT2D eigenvalue weighted by atomic mass is 35.5. The zero-order valence-corrected chi connectivity index (χ0v) is 7.90. The summed E-state index contributed by atoms with van der Waals surface area (Å²) < 4.78 is 59.5. The Morgan fingerprint density at radius 3 is 1.93 bits per heavy atom. The molecule has 0 spiro atoms. The predicted octanol–water partition coefficient (Wildman–Crippen LogP) is 3.87. The van der Waals surface area contributed by atoms with E-state index in [9.17, 15) is 22.0 Å². The van der Waals surface area contributed by atoms with Crippen molar-refractivity contribution in [1.29, 1.82) is 0 Å². The molecule has 0 saturated heterocycles. The lowest BCUT2D eigenvalue weighted by atomic mass is 10.3. The minimum Gasteiger partial charge on any atom is -0.432 e. The van der Waals surface area contributed by atoms with Gasteiger partial charge in [0.1, 0.15) is 0 Å². The molecule has 1 rings (SSSR count). The fraction of sp³-hybridized carbons (Fsp3) is 0.250. The molecule has 7 heteroatoms. The highest BCUT2D eigenvalue weighted by Gasteiger charge is 2.07. The van der Waals surface area contributed by atoms with Gasteiger partial charge < -0.3 is 4.74 Å². The first kappa shape index (κ1) is 14.0. The summed E-state index contributed by atoms with van der Waals surface area (Å²) in [6.07, 6.45) is 0. The third kappa shape index (κ3) is 7.99. The second kappa shape index (κ2) is 7.28. The third-order valence-electron chi connectivity index (χ3n) is 1.05. The Labute approximate surface area is 87.4 Å². The van der Waals surface area contributed by atoms with Gasteiger partial charge in [0.05, 0.1) is 0 Å². The molecular formula is C8H6ClF5O. The van der Waals surface area contributed by atoms with Gasteiger partial charge in [0.2, 0.25) is 0 Å². The number of rotatable bonds is 2. The molecule has 1 aromatic rings. The molecule has 0 heterocycles. The number of alkyl halides is 5. The van der Waals surface area contributed by atoms with Crippen molar-refractivity contribution in [2.45, 2.75) is 12.5 Å². The van der Waals surface area contributed by atoms with Crippen LogP contribution in [0.15, 0.2) is 24.3 Å². The lowest BCUT2D eigenvalue weighted by molar-refractivity contribution is -0.0521. The molecular weight excluding hydrogens is 243 g/mol. The van der Waals surface area contributed by atoms with E-state index in [0.717, 1.165) is 12.1 Å². The van der Waals surface area contributed by atoms with E-state index in [1.807, 2.05) is 0 Å². The van der Waals surface area contributed by atoms with Gasteiger partial charge in [0, 0.05) is 0 Å². The Kier molecular flexibility index (Phi) is 6.77.